The highest BCUT2D eigenvalue weighted by Gasteiger charge is 2.25. The number of hydrogen-bond donors (Lipinski definition) is 0. The monoisotopic (exact) mass is 196 g/mol. The zero-order chi connectivity index (χ0) is 10.8. The maximum Gasteiger partial charge on any atom is 0.236 e. The van der Waals surface area contributed by atoms with Crippen LogP contribution in [-0.4, -0.2) is 16.4 Å². The molecule has 0 saturated heterocycles. The van der Waals surface area contributed by atoms with Gasteiger partial charge >= 0.3 is 0 Å². The fourth-order valence-corrected chi connectivity index (χ4v) is 1.37. The van der Waals surface area contributed by atoms with E-state index in [0.29, 0.717) is 6.61 Å². The Morgan fingerprint density at radius 3 is 2.57 bits per heavy atom. The molecule has 1 heterocycles. The van der Waals surface area contributed by atoms with Gasteiger partial charge in [-0.2, -0.15) is 0 Å². The summed E-state index contributed by atoms with van der Waals surface area (Å²) in [7, 11) is 1.93. The van der Waals surface area contributed by atoms with Crippen LogP contribution in [0.15, 0.2) is 6.20 Å². The highest BCUT2D eigenvalue weighted by molar-refractivity contribution is 5.31. The van der Waals surface area contributed by atoms with Crippen LogP contribution in [0.1, 0.15) is 39.7 Å². The molecule has 0 aliphatic heterocycles. The van der Waals surface area contributed by atoms with Crippen molar-refractivity contribution >= 4 is 0 Å². The van der Waals surface area contributed by atoms with E-state index in [9.17, 15) is 0 Å². The van der Waals surface area contributed by atoms with Gasteiger partial charge in [-0.25, -0.2) is 0 Å². The van der Waals surface area contributed by atoms with Crippen LogP contribution >= 0.6 is 0 Å². The Morgan fingerprint density at radius 2 is 2.07 bits per heavy atom. The summed E-state index contributed by atoms with van der Waals surface area (Å²) >= 11 is 0. The first-order valence-corrected chi connectivity index (χ1v) is 5.18. The molecule has 0 fully saturated rings. The number of aryl methyl sites for hydroxylation is 1. The van der Waals surface area contributed by atoms with E-state index >= 15 is 0 Å². The van der Waals surface area contributed by atoms with Crippen molar-refractivity contribution in [3.63, 3.8) is 0 Å². The standard InChI is InChI=1S/C11H20N2O/c1-6-11(3,4)9-8-13(5)12-10(9)14-7-2/h8H,6-7H2,1-5H3. The van der Waals surface area contributed by atoms with Crippen molar-refractivity contribution in [2.45, 2.75) is 39.5 Å². The maximum atomic E-state index is 5.51. The average Bonchev–Trinajstić information content (AvgIpc) is 2.48. The first-order chi connectivity index (χ1) is 6.51. The predicted octanol–water partition coefficient (Wildman–Crippen LogP) is 2.51. The number of ether oxygens (including phenoxy) is 1. The molecule has 1 rings (SSSR count). The van der Waals surface area contributed by atoms with Crippen LogP contribution in [-0.2, 0) is 12.5 Å². The minimum atomic E-state index is 0.138. The third kappa shape index (κ3) is 2.08. The average molecular weight is 196 g/mol. The summed E-state index contributed by atoms with van der Waals surface area (Å²) in [5.41, 5.74) is 1.34. The molecule has 0 aliphatic carbocycles. The lowest BCUT2D eigenvalue weighted by atomic mass is 9.84. The second-order valence-electron chi connectivity index (χ2n) is 4.19. The Labute approximate surface area is 86.1 Å². The molecule has 0 spiro atoms. The molecule has 0 bridgehead atoms. The third-order valence-electron chi connectivity index (χ3n) is 2.69. The van der Waals surface area contributed by atoms with Gasteiger partial charge in [0, 0.05) is 18.8 Å². The van der Waals surface area contributed by atoms with Crippen molar-refractivity contribution in [3.8, 4) is 5.88 Å². The van der Waals surface area contributed by atoms with E-state index in [1.54, 1.807) is 0 Å². The quantitative estimate of drug-likeness (QED) is 0.740. The molecule has 0 aliphatic rings. The molecule has 0 radical (unpaired) electrons. The van der Waals surface area contributed by atoms with Gasteiger partial charge in [0.05, 0.1) is 6.61 Å². The Bertz CT molecular complexity index is 302. The van der Waals surface area contributed by atoms with Crippen LogP contribution in [0.5, 0.6) is 5.88 Å². The van der Waals surface area contributed by atoms with Crippen LogP contribution in [0.4, 0.5) is 0 Å². The van der Waals surface area contributed by atoms with Crippen molar-refractivity contribution in [1.82, 2.24) is 9.78 Å². The van der Waals surface area contributed by atoms with Crippen molar-refractivity contribution < 1.29 is 4.74 Å². The number of hydrogen-bond acceptors (Lipinski definition) is 2. The van der Waals surface area contributed by atoms with Gasteiger partial charge in [0.25, 0.3) is 0 Å². The Morgan fingerprint density at radius 1 is 1.43 bits per heavy atom. The lowest BCUT2D eigenvalue weighted by Gasteiger charge is -2.21. The molecule has 1 aromatic rings. The van der Waals surface area contributed by atoms with Gasteiger partial charge in [0.15, 0.2) is 0 Å². The van der Waals surface area contributed by atoms with Gasteiger partial charge in [0.1, 0.15) is 0 Å². The second-order valence-corrected chi connectivity index (χ2v) is 4.19. The Balaban J connectivity index is 3.05. The third-order valence-corrected chi connectivity index (χ3v) is 2.69. The van der Waals surface area contributed by atoms with Crippen LogP contribution in [0.3, 0.4) is 0 Å². The van der Waals surface area contributed by atoms with Crippen LogP contribution < -0.4 is 4.74 Å². The summed E-state index contributed by atoms with van der Waals surface area (Å²) in [5, 5.41) is 4.31. The molecule has 3 nitrogen and oxygen atoms in total. The molecule has 0 atom stereocenters. The zero-order valence-electron chi connectivity index (χ0n) is 9.79. The van der Waals surface area contributed by atoms with E-state index in [1.165, 1.54) is 5.56 Å². The molecule has 0 saturated carbocycles. The Kier molecular flexibility index (Phi) is 3.19. The summed E-state index contributed by atoms with van der Waals surface area (Å²) in [6.07, 6.45) is 3.13. The van der Waals surface area contributed by atoms with E-state index < -0.39 is 0 Å². The smallest absolute Gasteiger partial charge is 0.236 e. The molecule has 80 valence electrons. The van der Waals surface area contributed by atoms with Crippen LogP contribution in [0.2, 0.25) is 0 Å². The Hall–Kier alpha value is -0.990. The van der Waals surface area contributed by atoms with E-state index in [4.69, 9.17) is 4.74 Å². The van der Waals surface area contributed by atoms with Gasteiger partial charge in [0.2, 0.25) is 5.88 Å². The van der Waals surface area contributed by atoms with Crippen LogP contribution in [0, 0.1) is 0 Å². The lowest BCUT2D eigenvalue weighted by Crippen LogP contribution is -2.16. The van der Waals surface area contributed by atoms with Crippen molar-refractivity contribution in [3.05, 3.63) is 11.8 Å². The minimum Gasteiger partial charge on any atom is -0.477 e. The van der Waals surface area contributed by atoms with Gasteiger partial charge in [-0.05, 0) is 18.8 Å². The highest BCUT2D eigenvalue weighted by Crippen LogP contribution is 2.32. The fourth-order valence-electron chi connectivity index (χ4n) is 1.37. The molecular formula is C11H20N2O. The highest BCUT2D eigenvalue weighted by atomic mass is 16.5. The van der Waals surface area contributed by atoms with Crippen LogP contribution in [0.25, 0.3) is 0 Å². The topological polar surface area (TPSA) is 27.1 Å². The van der Waals surface area contributed by atoms with E-state index in [0.717, 1.165) is 12.3 Å². The predicted molar refractivity (Wildman–Crippen MR) is 57.7 cm³/mol. The molecule has 0 aromatic carbocycles. The second kappa shape index (κ2) is 4.03. The summed E-state index contributed by atoms with van der Waals surface area (Å²) in [6.45, 7) is 9.27. The first-order valence-electron chi connectivity index (χ1n) is 5.18. The van der Waals surface area contributed by atoms with Crippen molar-refractivity contribution in [1.29, 1.82) is 0 Å². The van der Waals surface area contributed by atoms with Gasteiger partial charge in [-0.15, -0.1) is 5.10 Å². The van der Waals surface area contributed by atoms with Crippen molar-refractivity contribution in [2.24, 2.45) is 7.05 Å². The minimum absolute atomic E-state index is 0.138. The maximum absolute atomic E-state index is 5.51. The fraction of sp³-hybridized carbons (Fsp3) is 0.727. The number of rotatable bonds is 4. The zero-order valence-corrected chi connectivity index (χ0v) is 9.79. The van der Waals surface area contributed by atoms with Gasteiger partial charge in [-0.3, -0.25) is 4.68 Å². The van der Waals surface area contributed by atoms with E-state index in [-0.39, 0.29) is 5.41 Å². The van der Waals surface area contributed by atoms with Gasteiger partial charge < -0.3 is 4.74 Å². The first kappa shape index (κ1) is 11.1. The summed E-state index contributed by atoms with van der Waals surface area (Å²) in [4.78, 5) is 0. The summed E-state index contributed by atoms with van der Waals surface area (Å²) in [6, 6.07) is 0. The number of aromatic nitrogens is 2. The SMILES string of the molecule is CCOc1nn(C)cc1C(C)(C)CC. The molecule has 0 unspecified atom stereocenters. The summed E-state index contributed by atoms with van der Waals surface area (Å²) < 4.78 is 7.33. The lowest BCUT2D eigenvalue weighted by molar-refractivity contribution is 0.312. The number of nitrogens with zero attached hydrogens (tertiary/aromatic N) is 2. The molecule has 14 heavy (non-hydrogen) atoms. The normalized spacial score (nSPS) is 11.8. The van der Waals surface area contributed by atoms with Gasteiger partial charge in [-0.1, -0.05) is 20.8 Å². The largest absolute Gasteiger partial charge is 0.477 e. The van der Waals surface area contributed by atoms with Crippen molar-refractivity contribution in [2.75, 3.05) is 6.61 Å². The van der Waals surface area contributed by atoms with E-state index in [2.05, 4.69) is 32.1 Å². The van der Waals surface area contributed by atoms with E-state index in [1.807, 2.05) is 18.7 Å². The molecule has 0 amide bonds. The molecular weight excluding hydrogens is 176 g/mol. The summed E-state index contributed by atoms with van der Waals surface area (Å²) in [5.74, 6) is 0.779. The molecule has 1 aromatic heterocycles. The molecule has 0 N–H and O–H groups in total. The molecule has 3 heteroatoms.